The van der Waals surface area contributed by atoms with Crippen molar-refractivity contribution in [3.63, 3.8) is 0 Å². The molecule has 1 spiro atoms. The summed E-state index contributed by atoms with van der Waals surface area (Å²) in [5, 5.41) is 24.8. The molecular weight excluding hydrogens is 234 g/mol. The molecule has 1 saturated heterocycles. The minimum atomic E-state index is -0.864. The second-order valence-electron chi connectivity index (χ2n) is 5.70. The van der Waals surface area contributed by atoms with Crippen LogP contribution in [0.5, 0.6) is 0 Å². The number of aliphatic hydroxyl groups excluding tert-OH is 2. The van der Waals surface area contributed by atoms with Gasteiger partial charge in [0.05, 0.1) is 6.10 Å². The molecule has 6 heteroatoms. The van der Waals surface area contributed by atoms with Gasteiger partial charge in [0.2, 0.25) is 5.91 Å². The topological polar surface area (TPSA) is 108 Å². The molecule has 6 nitrogen and oxygen atoms in total. The highest BCUT2D eigenvalue weighted by Crippen LogP contribution is 2.42. The number of hydrogen-bond donors (Lipinski definition) is 5. The Hall–Kier alpha value is -0.690. The molecule has 1 heterocycles. The van der Waals surface area contributed by atoms with Crippen molar-refractivity contribution in [2.45, 2.75) is 57.0 Å². The Balaban J connectivity index is 1.78. The van der Waals surface area contributed by atoms with Gasteiger partial charge in [-0.1, -0.05) is 0 Å². The third kappa shape index (κ3) is 2.51. The predicted octanol–water partition coefficient (Wildman–Crippen LogP) is -1.34. The molecule has 0 bridgehead atoms. The monoisotopic (exact) mass is 257 g/mol. The summed E-state index contributed by atoms with van der Waals surface area (Å²) < 4.78 is 0. The molecule has 1 aliphatic heterocycles. The highest BCUT2D eigenvalue weighted by Gasteiger charge is 2.47. The second kappa shape index (κ2) is 5.13. The van der Waals surface area contributed by atoms with E-state index in [0.29, 0.717) is 0 Å². The summed E-state index contributed by atoms with van der Waals surface area (Å²) in [5.41, 5.74) is 5.60. The molecule has 104 valence electrons. The molecule has 6 N–H and O–H groups in total. The average molecular weight is 257 g/mol. The predicted molar refractivity (Wildman–Crippen MR) is 66.5 cm³/mol. The van der Waals surface area contributed by atoms with E-state index in [0.717, 1.165) is 32.2 Å². The van der Waals surface area contributed by atoms with E-state index in [2.05, 4.69) is 10.6 Å². The zero-order valence-corrected chi connectivity index (χ0v) is 10.7. The third-order valence-corrected chi connectivity index (χ3v) is 4.38. The van der Waals surface area contributed by atoms with Crippen LogP contribution in [0.25, 0.3) is 0 Å². The highest BCUT2D eigenvalue weighted by molar-refractivity contribution is 5.82. The number of aliphatic hydroxyl groups is 2. The Morgan fingerprint density at radius 2 is 2.11 bits per heavy atom. The molecule has 1 saturated carbocycles. The molecule has 2 rings (SSSR count). The second-order valence-corrected chi connectivity index (χ2v) is 5.70. The minimum absolute atomic E-state index is 0.0214. The highest BCUT2D eigenvalue weighted by atomic mass is 16.3. The summed E-state index contributed by atoms with van der Waals surface area (Å²) in [6.45, 7) is 2.37. The van der Waals surface area contributed by atoms with Crippen LogP contribution in [-0.2, 0) is 4.79 Å². The lowest BCUT2D eigenvalue weighted by Gasteiger charge is -2.51. The summed E-state index contributed by atoms with van der Waals surface area (Å²) in [7, 11) is 0. The first-order chi connectivity index (χ1) is 8.44. The van der Waals surface area contributed by atoms with Crippen LogP contribution in [0.4, 0.5) is 0 Å². The first-order valence-corrected chi connectivity index (χ1v) is 6.60. The van der Waals surface area contributed by atoms with E-state index in [4.69, 9.17) is 5.73 Å². The van der Waals surface area contributed by atoms with E-state index >= 15 is 0 Å². The Labute approximate surface area is 107 Å². The molecule has 0 aromatic carbocycles. The molecule has 1 aliphatic carbocycles. The van der Waals surface area contributed by atoms with Crippen molar-refractivity contribution in [1.29, 1.82) is 0 Å². The van der Waals surface area contributed by atoms with Gasteiger partial charge in [-0.2, -0.15) is 0 Å². The van der Waals surface area contributed by atoms with E-state index in [1.807, 2.05) is 0 Å². The first kappa shape index (κ1) is 13.7. The third-order valence-electron chi connectivity index (χ3n) is 4.38. The molecule has 2 fully saturated rings. The van der Waals surface area contributed by atoms with Gasteiger partial charge in [-0.05, 0) is 32.6 Å². The summed E-state index contributed by atoms with van der Waals surface area (Å²) in [5.74, 6) is -0.293. The van der Waals surface area contributed by atoms with Crippen LogP contribution in [0.1, 0.15) is 32.6 Å². The number of nitrogens with one attached hydrogen (secondary N) is 2. The zero-order valence-electron chi connectivity index (χ0n) is 10.7. The van der Waals surface area contributed by atoms with Gasteiger partial charge in [0.15, 0.2) is 0 Å². The molecule has 1 unspecified atom stereocenters. The van der Waals surface area contributed by atoms with Gasteiger partial charge in [0.1, 0.15) is 12.3 Å². The lowest BCUT2D eigenvalue weighted by Crippen LogP contribution is -2.64. The van der Waals surface area contributed by atoms with Crippen molar-refractivity contribution in [2.24, 2.45) is 11.1 Å². The fourth-order valence-corrected chi connectivity index (χ4v) is 2.79. The van der Waals surface area contributed by atoms with Crippen LogP contribution in [0.15, 0.2) is 0 Å². The molecule has 0 aromatic heterocycles. The first-order valence-electron chi connectivity index (χ1n) is 6.60. The Morgan fingerprint density at radius 1 is 1.50 bits per heavy atom. The van der Waals surface area contributed by atoms with E-state index in [-0.39, 0.29) is 17.4 Å². The number of hydrogen-bond acceptors (Lipinski definition) is 5. The number of carbonyl (C=O) groups is 1. The van der Waals surface area contributed by atoms with Crippen LogP contribution in [0.2, 0.25) is 0 Å². The van der Waals surface area contributed by atoms with E-state index < -0.39 is 18.4 Å². The van der Waals surface area contributed by atoms with Gasteiger partial charge in [0.25, 0.3) is 0 Å². The van der Waals surface area contributed by atoms with Crippen molar-refractivity contribution in [2.75, 3.05) is 6.54 Å². The molecule has 0 radical (unpaired) electrons. The zero-order chi connectivity index (χ0) is 13.3. The minimum Gasteiger partial charge on any atom is -0.391 e. The molecule has 1 amide bonds. The fourth-order valence-electron chi connectivity index (χ4n) is 2.79. The smallest absolute Gasteiger partial charge is 0.239 e. The SMILES string of the molecule is C[C@@H](O)[C@H](N)C(=O)NC1CCC2(CC1)CNC2O. The van der Waals surface area contributed by atoms with Crippen molar-refractivity contribution in [3.05, 3.63) is 0 Å². The van der Waals surface area contributed by atoms with Crippen LogP contribution in [0.3, 0.4) is 0 Å². The fraction of sp³-hybridized carbons (Fsp3) is 0.917. The van der Waals surface area contributed by atoms with Crippen molar-refractivity contribution < 1.29 is 15.0 Å². The molecule has 0 aromatic rings. The molecule has 3 atom stereocenters. The number of amides is 1. The Morgan fingerprint density at radius 3 is 2.50 bits per heavy atom. The maximum Gasteiger partial charge on any atom is 0.239 e. The Kier molecular flexibility index (Phi) is 3.91. The van der Waals surface area contributed by atoms with Gasteiger partial charge >= 0.3 is 0 Å². The van der Waals surface area contributed by atoms with Crippen molar-refractivity contribution in [3.8, 4) is 0 Å². The summed E-state index contributed by atoms with van der Waals surface area (Å²) in [6, 6.07) is -0.752. The van der Waals surface area contributed by atoms with Gasteiger partial charge in [-0.3, -0.25) is 10.1 Å². The molecular formula is C12H23N3O3. The summed E-state index contributed by atoms with van der Waals surface area (Å²) in [4.78, 5) is 11.7. The molecule has 18 heavy (non-hydrogen) atoms. The van der Waals surface area contributed by atoms with Crippen LogP contribution < -0.4 is 16.4 Å². The standard InChI is InChI=1S/C12H23N3O3/c1-7(16)9(13)10(17)15-8-2-4-12(5-3-8)6-14-11(12)18/h7-9,11,14,16,18H,2-6,13H2,1H3,(H,15,17)/t7-,8?,9+,11?,12?/m1/s1. The quantitative estimate of drug-likeness (QED) is 0.430. The number of rotatable bonds is 3. The Bertz CT molecular complexity index is 314. The molecule has 2 aliphatic rings. The number of carbonyl (C=O) groups excluding carboxylic acids is 1. The normalized spacial score (nSPS) is 38.9. The van der Waals surface area contributed by atoms with Gasteiger partial charge < -0.3 is 21.3 Å². The van der Waals surface area contributed by atoms with E-state index in [1.54, 1.807) is 0 Å². The largest absolute Gasteiger partial charge is 0.391 e. The average Bonchev–Trinajstić information content (AvgIpc) is 2.36. The summed E-state index contributed by atoms with van der Waals surface area (Å²) >= 11 is 0. The van der Waals surface area contributed by atoms with Crippen LogP contribution in [0, 0.1) is 5.41 Å². The van der Waals surface area contributed by atoms with Gasteiger partial charge in [-0.15, -0.1) is 0 Å². The lowest BCUT2D eigenvalue weighted by atomic mass is 9.67. The maximum absolute atomic E-state index is 11.7. The van der Waals surface area contributed by atoms with E-state index in [9.17, 15) is 15.0 Å². The van der Waals surface area contributed by atoms with Gasteiger partial charge in [0, 0.05) is 18.0 Å². The van der Waals surface area contributed by atoms with Crippen LogP contribution in [-0.4, -0.2) is 47.1 Å². The van der Waals surface area contributed by atoms with Gasteiger partial charge in [-0.25, -0.2) is 0 Å². The van der Waals surface area contributed by atoms with Crippen LogP contribution >= 0.6 is 0 Å². The number of nitrogens with two attached hydrogens (primary N) is 1. The van der Waals surface area contributed by atoms with Crippen molar-refractivity contribution >= 4 is 5.91 Å². The summed E-state index contributed by atoms with van der Waals surface area (Å²) in [6.07, 6.45) is 2.31. The lowest BCUT2D eigenvalue weighted by molar-refractivity contribution is -0.127. The van der Waals surface area contributed by atoms with E-state index in [1.165, 1.54) is 6.92 Å². The maximum atomic E-state index is 11.7. The van der Waals surface area contributed by atoms with Crippen molar-refractivity contribution in [1.82, 2.24) is 10.6 Å².